The van der Waals surface area contributed by atoms with Gasteiger partial charge in [0.05, 0.1) is 34.6 Å². The average Bonchev–Trinajstić information content (AvgIpc) is 3.52. The number of rotatable bonds is 5. The van der Waals surface area contributed by atoms with Crippen molar-refractivity contribution in [2.45, 2.75) is 76.7 Å². The Morgan fingerprint density at radius 2 is 1.68 bits per heavy atom. The Kier molecular flexibility index (Phi) is 6.58. The fourth-order valence-corrected chi connectivity index (χ4v) is 7.18. The molecule has 0 unspecified atom stereocenters. The summed E-state index contributed by atoms with van der Waals surface area (Å²) < 4.78 is 12.4. The fraction of sp³-hybridized carbons (Fsp3) is 0.406. The molecule has 0 radical (unpaired) electrons. The summed E-state index contributed by atoms with van der Waals surface area (Å²) in [7, 11) is 0.0291. The Morgan fingerprint density at radius 3 is 2.38 bits per heavy atom. The summed E-state index contributed by atoms with van der Waals surface area (Å²) in [5, 5.41) is 5.79. The molecule has 2 aromatic carbocycles. The maximum atomic E-state index is 13.6. The molecule has 40 heavy (non-hydrogen) atoms. The van der Waals surface area contributed by atoms with E-state index in [0.717, 1.165) is 64.4 Å². The van der Waals surface area contributed by atoms with Crippen LogP contribution in [0.5, 0.6) is 0 Å². The molecule has 3 aromatic heterocycles. The van der Waals surface area contributed by atoms with Crippen molar-refractivity contribution in [3.8, 4) is 16.8 Å². The average molecular weight is 554 g/mol. The molecular weight excluding hydrogens is 514 g/mol. The molecule has 0 saturated heterocycles. The van der Waals surface area contributed by atoms with Gasteiger partial charge in [0.25, 0.3) is 0 Å². The topological polar surface area (TPSA) is 66.9 Å². The van der Waals surface area contributed by atoms with Gasteiger partial charge in [0, 0.05) is 36.3 Å². The maximum absolute atomic E-state index is 13.6. The summed E-state index contributed by atoms with van der Waals surface area (Å²) in [5.41, 5.74) is 5.86. The molecule has 3 heterocycles. The molecule has 1 aliphatic rings. The lowest BCUT2D eigenvalue weighted by atomic mass is 9.92. The zero-order valence-electron chi connectivity index (χ0n) is 24.4. The number of aryl methyl sites for hydroxylation is 1. The summed E-state index contributed by atoms with van der Waals surface area (Å²) >= 11 is 0. The van der Waals surface area contributed by atoms with Gasteiger partial charge in [0.1, 0.15) is 0 Å². The first kappa shape index (κ1) is 26.7. The molecule has 0 spiro atoms. The van der Waals surface area contributed by atoms with Crippen LogP contribution in [0.2, 0.25) is 18.1 Å². The number of pyridine rings is 1. The van der Waals surface area contributed by atoms with Gasteiger partial charge in [-0.25, -0.2) is 9.48 Å². The van der Waals surface area contributed by atoms with Crippen LogP contribution < -0.4 is 5.69 Å². The highest BCUT2D eigenvalue weighted by molar-refractivity contribution is 6.74. The standard InChI is InChI=1S/C32H39N5O2Si/c1-32(2,3)40(5,6)39-26-15-13-25(14-16-26)37-30-27-18-22(12-17-28(27)33-20-29(30)35(4)31(37)38)23-19-34-36(21-23)24-10-8-7-9-11-24/h7-12,17-21,25-26H,13-16H2,1-6H3. The minimum absolute atomic E-state index is 0.0281. The minimum Gasteiger partial charge on any atom is -0.414 e. The molecular formula is C32H39N5O2Si. The molecule has 5 aromatic rings. The van der Waals surface area contributed by atoms with Crippen LogP contribution in [0.1, 0.15) is 52.5 Å². The quantitative estimate of drug-likeness (QED) is 0.215. The Balaban J connectivity index is 1.36. The number of aromatic nitrogens is 5. The predicted molar refractivity (Wildman–Crippen MR) is 165 cm³/mol. The third kappa shape index (κ3) is 4.63. The number of hydrogen-bond acceptors (Lipinski definition) is 4. The maximum Gasteiger partial charge on any atom is 0.329 e. The monoisotopic (exact) mass is 553 g/mol. The Hall–Kier alpha value is -3.49. The largest absolute Gasteiger partial charge is 0.414 e. The van der Waals surface area contributed by atoms with Gasteiger partial charge in [-0.05, 0) is 73.6 Å². The van der Waals surface area contributed by atoms with Crippen molar-refractivity contribution in [3.63, 3.8) is 0 Å². The van der Waals surface area contributed by atoms with E-state index in [1.807, 2.05) is 65.2 Å². The normalized spacial score (nSPS) is 18.6. The van der Waals surface area contributed by atoms with Crippen LogP contribution in [0.4, 0.5) is 0 Å². The van der Waals surface area contributed by atoms with Crippen LogP contribution in [-0.4, -0.2) is 38.3 Å². The van der Waals surface area contributed by atoms with Gasteiger partial charge < -0.3 is 4.43 Å². The highest BCUT2D eigenvalue weighted by Crippen LogP contribution is 2.41. The van der Waals surface area contributed by atoms with Gasteiger partial charge in [-0.3, -0.25) is 14.1 Å². The molecule has 0 bridgehead atoms. The first-order valence-corrected chi connectivity index (χ1v) is 17.2. The molecule has 0 aliphatic heterocycles. The van der Waals surface area contributed by atoms with Crippen molar-refractivity contribution in [2.75, 3.05) is 0 Å². The second kappa shape index (κ2) is 9.85. The predicted octanol–water partition coefficient (Wildman–Crippen LogP) is 7.25. The van der Waals surface area contributed by atoms with Crippen molar-refractivity contribution in [1.82, 2.24) is 23.9 Å². The van der Waals surface area contributed by atoms with Gasteiger partial charge in [-0.15, -0.1) is 0 Å². The second-order valence-electron chi connectivity index (χ2n) is 12.8. The number of para-hydroxylation sites is 1. The molecule has 0 amide bonds. The van der Waals surface area contributed by atoms with Crippen LogP contribution in [0.25, 0.3) is 38.8 Å². The second-order valence-corrected chi connectivity index (χ2v) is 17.5. The van der Waals surface area contributed by atoms with E-state index in [1.165, 1.54) is 0 Å². The van der Waals surface area contributed by atoms with E-state index in [0.29, 0.717) is 0 Å². The van der Waals surface area contributed by atoms with Gasteiger partial charge in [0.15, 0.2) is 8.32 Å². The van der Waals surface area contributed by atoms with Gasteiger partial charge in [-0.1, -0.05) is 45.0 Å². The lowest BCUT2D eigenvalue weighted by molar-refractivity contribution is 0.118. The first-order chi connectivity index (χ1) is 19.0. The number of fused-ring (bicyclic) bond motifs is 3. The van der Waals surface area contributed by atoms with Crippen LogP contribution in [0.15, 0.2) is 71.9 Å². The summed E-state index contributed by atoms with van der Waals surface area (Å²) in [6.07, 6.45) is 9.88. The van der Waals surface area contributed by atoms with E-state index in [1.54, 1.807) is 4.57 Å². The Bertz CT molecular complexity index is 1730. The van der Waals surface area contributed by atoms with Crippen molar-refractivity contribution in [1.29, 1.82) is 0 Å². The van der Waals surface area contributed by atoms with Gasteiger partial charge >= 0.3 is 5.69 Å². The van der Waals surface area contributed by atoms with Crippen LogP contribution in [0.3, 0.4) is 0 Å². The van der Waals surface area contributed by atoms with Crippen LogP contribution in [0, 0.1) is 0 Å². The van der Waals surface area contributed by atoms with Crippen molar-refractivity contribution >= 4 is 30.3 Å². The van der Waals surface area contributed by atoms with Gasteiger partial charge in [-0.2, -0.15) is 5.10 Å². The van der Waals surface area contributed by atoms with E-state index in [2.05, 4.69) is 57.2 Å². The van der Waals surface area contributed by atoms with Crippen molar-refractivity contribution in [3.05, 3.63) is 77.6 Å². The SMILES string of the molecule is Cn1c(=O)n(C2CCC(O[Si](C)(C)C(C)(C)C)CC2)c2c3cc(-c4cnn(-c5ccccc5)c4)ccc3ncc21. The summed E-state index contributed by atoms with van der Waals surface area (Å²) in [6.45, 7) is 11.5. The lowest BCUT2D eigenvalue weighted by Crippen LogP contribution is -2.45. The molecule has 8 heteroatoms. The van der Waals surface area contributed by atoms with E-state index in [9.17, 15) is 4.79 Å². The third-order valence-electron chi connectivity index (χ3n) is 9.13. The number of benzene rings is 2. The molecule has 1 fully saturated rings. The summed E-state index contributed by atoms with van der Waals surface area (Å²) in [4.78, 5) is 18.4. The smallest absolute Gasteiger partial charge is 0.329 e. The lowest BCUT2D eigenvalue weighted by Gasteiger charge is -2.41. The molecule has 208 valence electrons. The number of hydrogen-bond donors (Lipinski definition) is 0. The molecule has 7 nitrogen and oxygen atoms in total. The highest BCUT2D eigenvalue weighted by Gasteiger charge is 2.40. The minimum atomic E-state index is -1.83. The van der Waals surface area contributed by atoms with E-state index in [-0.39, 0.29) is 22.9 Å². The molecule has 6 rings (SSSR count). The highest BCUT2D eigenvalue weighted by atomic mass is 28.4. The van der Waals surface area contributed by atoms with Crippen molar-refractivity contribution in [2.24, 2.45) is 7.05 Å². The molecule has 1 saturated carbocycles. The van der Waals surface area contributed by atoms with E-state index >= 15 is 0 Å². The Labute approximate surface area is 236 Å². The summed E-state index contributed by atoms with van der Waals surface area (Å²) in [6, 6.07) is 16.6. The Morgan fingerprint density at radius 1 is 0.950 bits per heavy atom. The zero-order chi connectivity index (χ0) is 28.2. The van der Waals surface area contributed by atoms with Crippen LogP contribution in [-0.2, 0) is 11.5 Å². The first-order valence-electron chi connectivity index (χ1n) is 14.3. The van der Waals surface area contributed by atoms with Crippen molar-refractivity contribution < 1.29 is 4.43 Å². The van der Waals surface area contributed by atoms with E-state index < -0.39 is 8.32 Å². The van der Waals surface area contributed by atoms with Crippen LogP contribution >= 0.6 is 0 Å². The third-order valence-corrected chi connectivity index (χ3v) is 13.7. The summed E-state index contributed by atoms with van der Waals surface area (Å²) in [5.74, 6) is 0. The number of nitrogens with zero attached hydrogens (tertiary/aromatic N) is 5. The zero-order valence-corrected chi connectivity index (χ0v) is 25.4. The molecule has 0 N–H and O–H groups in total. The fourth-order valence-electron chi connectivity index (χ4n) is 5.75. The molecule has 0 atom stereocenters. The number of imidazole rings is 1. The van der Waals surface area contributed by atoms with Gasteiger partial charge in [0.2, 0.25) is 0 Å². The molecule has 1 aliphatic carbocycles. The van der Waals surface area contributed by atoms with E-state index in [4.69, 9.17) is 9.41 Å².